The van der Waals surface area contributed by atoms with E-state index in [-0.39, 0.29) is 5.54 Å². The third-order valence-electron chi connectivity index (χ3n) is 4.17. The zero-order chi connectivity index (χ0) is 16.4. The molecule has 8 nitrogen and oxygen atoms in total. The number of tetrazole rings is 1. The van der Waals surface area contributed by atoms with E-state index in [2.05, 4.69) is 51.3 Å². The summed E-state index contributed by atoms with van der Waals surface area (Å²) in [6.07, 6.45) is 3.22. The summed E-state index contributed by atoms with van der Waals surface area (Å²) in [6, 6.07) is 0. The molecular formula is C15H25N7O. The van der Waals surface area contributed by atoms with E-state index < -0.39 is 0 Å². The second-order valence-corrected chi connectivity index (χ2v) is 7.36. The van der Waals surface area contributed by atoms with Gasteiger partial charge >= 0.3 is 0 Å². The zero-order valence-corrected chi connectivity index (χ0v) is 14.4. The van der Waals surface area contributed by atoms with E-state index in [4.69, 9.17) is 4.52 Å². The van der Waals surface area contributed by atoms with Crippen LogP contribution < -0.4 is 0 Å². The molecule has 126 valence electrons. The molecule has 1 atom stereocenters. The fraction of sp³-hybridized carbons (Fsp3) is 0.800. The van der Waals surface area contributed by atoms with Crippen molar-refractivity contribution in [2.45, 2.75) is 59.0 Å². The topological polar surface area (TPSA) is 85.8 Å². The number of hydrogen-bond acceptors (Lipinski definition) is 7. The van der Waals surface area contributed by atoms with Crippen LogP contribution in [0.2, 0.25) is 0 Å². The lowest BCUT2D eigenvalue weighted by molar-refractivity contribution is 0.151. The zero-order valence-electron chi connectivity index (χ0n) is 14.4. The molecular weight excluding hydrogens is 294 g/mol. The fourth-order valence-electron chi connectivity index (χ4n) is 3.16. The molecule has 1 aliphatic rings. The predicted octanol–water partition coefficient (Wildman–Crippen LogP) is 1.57. The van der Waals surface area contributed by atoms with E-state index in [0.717, 1.165) is 37.8 Å². The summed E-state index contributed by atoms with van der Waals surface area (Å²) in [5, 5.41) is 16.1. The SMILES string of the molecule is Cc1noc(C[C@H]2CCCN(Cc3nnnn3C(C)(C)C)C2)n1. The van der Waals surface area contributed by atoms with Gasteiger partial charge in [0.25, 0.3) is 0 Å². The molecule has 1 saturated heterocycles. The van der Waals surface area contributed by atoms with Crippen molar-refractivity contribution in [1.29, 1.82) is 0 Å². The number of rotatable bonds is 4. The molecule has 2 aromatic heterocycles. The maximum atomic E-state index is 5.26. The summed E-state index contributed by atoms with van der Waals surface area (Å²) in [5.74, 6) is 2.92. The summed E-state index contributed by atoms with van der Waals surface area (Å²) in [7, 11) is 0. The maximum Gasteiger partial charge on any atom is 0.226 e. The lowest BCUT2D eigenvalue weighted by Crippen LogP contribution is -2.37. The molecule has 0 spiro atoms. The summed E-state index contributed by atoms with van der Waals surface area (Å²) >= 11 is 0. The Bertz CT molecular complexity index is 642. The molecule has 2 aromatic rings. The molecule has 8 heteroatoms. The van der Waals surface area contributed by atoms with Crippen LogP contribution in [0.4, 0.5) is 0 Å². The van der Waals surface area contributed by atoms with Crippen molar-refractivity contribution in [2.24, 2.45) is 5.92 Å². The first-order chi connectivity index (χ1) is 10.9. The van der Waals surface area contributed by atoms with Gasteiger partial charge in [-0.25, -0.2) is 4.68 Å². The average molecular weight is 319 g/mol. The summed E-state index contributed by atoms with van der Waals surface area (Å²) in [4.78, 5) is 6.74. The number of nitrogens with zero attached hydrogens (tertiary/aromatic N) is 7. The molecule has 0 unspecified atom stereocenters. The van der Waals surface area contributed by atoms with Crippen LogP contribution in [0, 0.1) is 12.8 Å². The lowest BCUT2D eigenvalue weighted by Gasteiger charge is -2.32. The van der Waals surface area contributed by atoms with Crippen LogP contribution in [0.1, 0.15) is 51.2 Å². The Labute approximate surface area is 136 Å². The highest BCUT2D eigenvalue weighted by Gasteiger charge is 2.26. The van der Waals surface area contributed by atoms with Crippen LogP contribution >= 0.6 is 0 Å². The van der Waals surface area contributed by atoms with E-state index in [1.165, 1.54) is 12.8 Å². The Morgan fingerprint density at radius 3 is 2.83 bits per heavy atom. The number of aryl methyl sites for hydroxylation is 1. The van der Waals surface area contributed by atoms with Gasteiger partial charge in [0.15, 0.2) is 11.6 Å². The number of hydrogen-bond donors (Lipinski definition) is 0. The summed E-state index contributed by atoms with van der Waals surface area (Å²) < 4.78 is 7.17. The first kappa shape index (κ1) is 16.0. The highest BCUT2D eigenvalue weighted by atomic mass is 16.5. The van der Waals surface area contributed by atoms with E-state index in [1.54, 1.807) is 0 Å². The Kier molecular flexibility index (Phi) is 4.43. The van der Waals surface area contributed by atoms with Gasteiger partial charge in [0.2, 0.25) is 5.89 Å². The van der Waals surface area contributed by atoms with Crippen molar-refractivity contribution in [3.63, 3.8) is 0 Å². The Balaban J connectivity index is 1.62. The van der Waals surface area contributed by atoms with Gasteiger partial charge in [0.1, 0.15) is 0 Å². The van der Waals surface area contributed by atoms with Crippen LogP contribution in [-0.4, -0.2) is 48.3 Å². The molecule has 0 saturated carbocycles. The van der Waals surface area contributed by atoms with Gasteiger partial charge in [0, 0.05) is 13.0 Å². The van der Waals surface area contributed by atoms with Gasteiger partial charge in [0.05, 0.1) is 12.1 Å². The summed E-state index contributed by atoms with van der Waals surface area (Å²) in [6.45, 7) is 11.1. The second-order valence-electron chi connectivity index (χ2n) is 7.36. The molecule has 23 heavy (non-hydrogen) atoms. The first-order valence-corrected chi connectivity index (χ1v) is 8.21. The third kappa shape index (κ3) is 3.93. The molecule has 3 rings (SSSR count). The Morgan fingerprint density at radius 1 is 1.30 bits per heavy atom. The van der Waals surface area contributed by atoms with Crippen molar-refractivity contribution in [3.8, 4) is 0 Å². The van der Waals surface area contributed by atoms with Crippen molar-refractivity contribution in [1.82, 2.24) is 35.2 Å². The van der Waals surface area contributed by atoms with Gasteiger partial charge in [-0.15, -0.1) is 5.10 Å². The Morgan fingerprint density at radius 2 is 2.13 bits per heavy atom. The van der Waals surface area contributed by atoms with Gasteiger partial charge in [-0.2, -0.15) is 4.98 Å². The van der Waals surface area contributed by atoms with Crippen molar-refractivity contribution >= 4 is 0 Å². The van der Waals surface area contributed by atoms with Crippen LogP contribution in [0.3, 0.4) is 0 Å². The number of piperidine rings is 1. The average Bonchev–Trinajstić information content (AvgIpc) is 3.08. The molecule has 1 fully saturated rings. The highest BCUT2D eigenvalue weighted by molar-refractivity contribution is 4.91. The largest absolute Gasteiger partial charge is 0.339 e. The molecule has 0 aliphatic carbocycles. The van der Waals surface area contributed by atoms with E-state index in [0.29, 0.717) is 11.7 Å². The molecule has 0 radical (unpaired) electrons. The normalized spacial score (nSPS) is 20.1. The molecule has 0 N–H and O–H groups in total. The van der Waals surface area contributed by atoms with Crippen LogP contribution in [0.15, 0.2) is 4.52 Å². The number of likely N-dealkylation sites (tertiary alicyclic amines) is 1. The van der Waals surface area contributed by atoms with Crippen molar-refractivity contribution in [2.75, 3.05) is 13.1 Å². The van der Waals surface area contributed by atoms with Crippen LogP contribution in [0.25, 0.3) is 0 Å². The second kappa shape index (κ2) is 6.35. The van der Waals surface area contributed by atoms with Crippen molar-refractivity contribution < 1.29 is 4.52 Å². The fourth-order valence-corrected chi connectivity index (χ4v) is 3.16. The lowest BCUT2D eigenvalue weighted by atomic mass is 9.95. The smallest absolute Gasteiger partial charge is 0.226 e. The van der Waals surface area contributed by atoms with Gasteiger partial charge in [-0.1, -0.05) is 5.16 Å². The van der Waals surface area contributed by atoms with Crippen LogP contribution in [0.5, 0.6) is 0 Å². The standard InChI is InChI=1S/C15H25N7O/c1-11-16-14(23-18-11)8-12-6-5-7-21(9-12)10-13-17-19-20-22(13)15(2,3)4/h12H,5-10H2,1-4H3/t12-/m1/s1. The minimum absolute atomic E-state index is 0.102. The maximum absolute atomic E-state index is 5.26. The number of aromatic nitrogens is 6. The molecule has 3 heterocycles. The molecule has 0 bridgehead atoms. The van der Waals surface area contributed by atoms with Crippen molar-refractivity contribution in [3.05, 3.63) is 17.5 Å². The van der Waals surface area contributed by atoms with Gasteiger partial charge in [-0.05, 0) is 63.4 Å². The first-order valence-electron chi connectivity index (χ1n) is 8.21. The van der Waals surface area contributed by atoms with E-state index in [9.17, 15) is 0 Å². The predicted molar refractivity (Wildman–Crippen MR) is 83.6 cm³/mol. The van der Waals surface area contributed by atoms with E-state index >= 15 is 0 Å². The minimum Gasteiger partial charge on any atom is -0.339 e. The highest BCUT2D eigenvalue weighted by Crippen LogP contribution is 2.22. The van der Waals surface area contributed by atoms with Gasteiger partial charge in [-0.3, -0.25) is 4.90 Å². The molecule has 0 amide bonds. The quantitative estimate of drug-likeness (QED) is 0.845. The van der Waals surface area contributed by atoms with Crippen LogP contribution in [-0.2, 0) is 18.5 Å². The van der Waals surface area contributed by atoms with Gasteiger partial charge < -0.3 is 4.52 Å². The summed E-state index contributed by atoms with van der Waals surface area (Å²) in [5.41, 5.74) is -0.102. The molecule has 1 aliphatic heterocycles. The van der Waals surface area contributed by atoms with E-state index in [1.807, 2.05) is 11.6 Å². The Hall–Kier alpha value is -1.83. The molecule has 0 aromatic carbocycles. The third-order valence-corrected chi connectivity index (χ3v) is 4.17. The monoisotopic (exact) mass is 319 g/mol. The minimum atomic E-state index is -0.102.